The molecule has 15 atom stereocenters. The molecule has 3 fully saturated rings. The molecule has 0 aromatic carbocycles. The molecule has 0 radical (unpaired) electrons. The van der Waals surface area contributed by atoms with Crippen molar-refractivity contribution in [3.8, 4) is 0 Å². The molecule has 0 spiro atoms. The number of esters is 1. The minimum Gasteiger partial charge on any atom is -0.460 e. The summed E-state index contributed by atoms with van der Waals surface area (Å²) in [7, 11) is 1.62. The van der Waals surface area contributed by atoms with Crippen molar-refractivity contribution >= 4 is 29.2 Å². The third-order valence-corrected chi connectivity index (χ3v) is 15.1. The molecule has 4 rings (SSSR count). The molecule has 15 heteroatoms. The fourth-order valence-corrected chi connectivity index (χ4v) is 10.6. The topological polar surface area (TPSA) is 227 Å². The Morgan fingerprint density at radius 2 is 1.60 bits per heavy atom. The number of nitrogens with zero attached hydrogens (tertiary/aromatic N) is 1. The first-order valence-electron chi connectivity index (χ1n) is 25.2. The smallest absolute Gasteiger partial charge is 0.329 e. The van der Waals surface area contributed by atoms with Gasteiger partial charge in [0, 0.05) is 50.4 Å². The molecule has 1 saturated carbocycles. The summed E-state index contributed by atoms with van der Waals surface area (Å²) in [5.41, 5.74) is 1.19. The fourth-order valence-electron chi connectivity index (χ4n) is 10.6. The minimum absolute atomic E-state index is 0.0256. The van der Waals surface area contributed by atoms with Gasteiger partial charge in [-0.3, -0.25) is 19.2 Å². The van der Waals surface area contributed by atoms with E-state index < -0.39 is 78.1 Å². The van der Waals surface area contributed by atoms with E-state index in [2.05, 4.69) is 0 Å². The van der Waals surface area contributed by atoms with Gasteiger partial charge in [-0.05, 0) is 108 Å². The summed E-state index contributed by atoms with van der Waals surface area (Å²) in [5, 5.41) is 53.5. The highest BCUT2D eigenvalue weighted by atomic mass is 16.6. The zero-order chi connectivity index (χ0) is 50.3. The number of aliphatic hydroxyl groups excluding tert-OH is 4. The van der Waals surface area contributed by atoms with Crippen molar-refractivity contribution in [2.45, 2.75) is 168 Å². The number of ketones is 3. The summed E-state index contributed by atoms with van der Waals surface area (Å²) in [6.07, 6.45) is 12.9. The first-order chi connectivity index (χ1) is 32.3. The number of rotatable bonds is 9. The number of methoxy groups -OCH3 is 1. The van der Waals surface area contributed by atoms with E-state index in [0.717, 1.165) is 12.0 Å². The highest BCUT2D eigenvalue weighted by Gasteiger charge is 2.53. The van der Waals surface area contributed by atoms with Crippen molar-refractivity contribution in [3.63, 3.8) is 0 Å². The van der Waals surface area contributed by atoms with Gasteiger partial charge >= 0.3 is 5.97 Å². The van der Waals surface area contributed by atoms with Gasteiger partial charge < -0.3 is 49.4 Å². The summed E-state index contributed by atoms with van der Waals surface area (Å²) < 4.78 is 24.1. The summed E-state index contributed by atoms with van der Waals surface area (Å²) in [6, 6.07) is -1.17. The minimum atomic E-state index is -2.47. The fraction of sp³-hybridized carbons (Fsp3) is 0.755. The number of hydrogen-bond donors (Lipinski definition) is 5. The van der Waals surface area contributed by atoms with Crippen LogP contribution in [-0.4, -0.2) is 142 Å². The maximum Gasteiger partial charge on any atom is 0.329 e. The van der Waals surface area contributed by atoms with Crippen LogP contribution in [0.5, 0.6) is 0 Å². The number of cyclic esters (lactones) is 1. The Hall–Kier alpha value is -3.41. The molecule has 4 aliphatic rings. The predicted molar refractivity (Wildman–Crippen MR) is 256 cm³/mol. The molecule has 15 nitrogen and oxygen atoms in total. The molecule has 5 N–H and O–H groups in total. The molecule has 2 saturated heterocycles. The quantitative estimate of drug-likeness (QED) is 0.111. The summed E-state index contributed by atoms with van der Waals surface area (Å²) in [4.78, 5) is 72.0. The summed E-state index contributed by atoms with van der Waals surface area (Å²) in [6.45, 7) is 11.8. The Morgan fingerprint density at radius 1 is 0.868 bits per heavy atom. The maximum atomic E-state index is 14.4. The lowest BCUT2D eigenvalue weighted by Gasteiger charge is -2.43. The Labute approximate surface area is 404 Å². The summed E-state index contributed by atoms with van der Waals surface area (Å²) in [5.74, 6) is -9.81. The van der Waals surface area contributed by atoms with E-state index in [1.807, 2.05) is 51.2 Å². The van der Waals surface area contributed by atoms with Crippen molar-refractivity contribution in [3.05, 3.63) is 47.6 Å². The standard InChI is InChI=1S/C53H83NO14/c1-32-14-10-9-11-15-33(2)40(30-56)28-41-19-17-38(7)53(64,68-41)50(61)51(62)54-21-13-12-16-43(54)52(63)67-46(35(4)26-39-18-20-45(66-23-22-55)47(27-39)65-8)29-44(58)34(3)25-37(6)49(60)42(31-57)48(59)36(5)24-32/h9-11,14-15,25,32,34-36,38-43,45-47,49,55-57,60,64H,12-13,16-24,26-31H2,1-8H3/b11-9+,14-10+,33-15+,37-25+/t32-,34-,35-,36-,38-,39+,40-,41+,42+,43?,45-,46+,47-,49-,53-/m1/s1. The zero-order valence-electron chi connectivity index (χ0n) is 41.9. The second kappa shape index (κ2) is 27.3. The number of Topliss-reactive ketones (excluding diaryl/α,β-unsaturated/α-hetero) is 3. The number of carbonyl (C=O) groups excluding carboxylic acids is 5. The van der Waals surface area contributed by atoms with E-state index in [1.54, 1.807) is 40.9 Å². The largest absolute Gasteiger partial charge is 0.460 e. The van der Waals surface area contributed by atoms with Crippen LogP contribution < -0.4 is 0 Å². The number of aliphatic hydroxyl groups is 5. The molecule has 384 valence electrons. The van der Waals surface area contributed by atoms with Gasteiger partial charge in [0.05, 0.1) is 50.2 Å². The van der Waals surface area contributed by atoms with Gasteiger partial charge in [0.2, 0.25) is 5.79 Å². The number of allylic oxidation sites excluding steroid dienone is 6. The molecule has 1 unspecified atom stereocenters. The second-order valence-electron chi connectivity index (χ2n) is 20.4. The van der Waals surface area contributed by atoms with Gasteiger partial charge in [0.1, 0.15) is 23.7 Å². The highest BCUT2D eigenvalue weighted by Crippen LogP contribution is 2.38. The number of carbonyl (C=O) groups is 5. The van der Waals surface area contributed by atoms with Gasteiger partial charge in [0.25, 0.3) is 11.7 Å². The van der Waals surface area contributed by atoms with Gasteiger partial charge in [-0.25, -0.2) is 4.79 Å². The predicted octanol–water partition coefficient (Wildman–Crippen LogP) is 5.38. The lowest BCUT2D eigenvalue weighted by Crippen LogP contribution is -2.60. The first kappa shape index (κ1) is 57.2. The molecule has 0 aromatic rings. The number of fused-ring (bicyclic) bond motifs is 3. The van der Waals surface area contributed by atoms with Gasteiger partial charge in [-0.2, -0.15) is 0 Å². The Balaban J connectivity index is 1.70. The van der Waals surface area contributed by atoms with Crippen LogP contribution in [0.15, 0.2) is 47.6 Å². The summed E-state index contributed by atoms with van der Waals surface area (Å²) >= 11 is 0. The zero-order valence-corrected chi connectivity index (χ0v) is 41.9. The van der Waals surface area contributed by atoms with Crippen LogP contribution in [0, 0.1) is 47.3 Å². The van der Waals surface area contributed by atoms with E-state index in [9.17, 15) is 49.5 Å². The molecule has 2 bridgehead atoms. The van der Waals surface area contributed by atoms with Gasteiger partial charge in [0.15, 0.2) is 0 Å². The van der Waals surface area contributed by atoms with Crippen LogP contribution in [0.3, 0.4) is 0 Å². The van der Waals surface area contributed by atoms with Crippen molar-refractivity contribution in [2.75, 3.05) is 40.1 Å². The lowest BCUT2D eigenvalue weighted by molar-refractivity contribution is -0.265. The average molecular weight is 958 g/mol. The molecule has 1 amide bonds. The molecule has 1 aliphatic carbocycles. The Bertz CT molecular complexity index is 1810. The third-order valence-electron chi connectivity index (χ3n) is 15.1. The van der Waals surface area contributed by atoms with Crippen molar-refractivity contribution in [1.29, 1.82) is 0 Å². The average Bonchev–Trinajstić information content (AvgIpc) is 3.32. The third kappa shape index (κ3) is 15.3. The highest BCUT2D eigenvalue weighted by molar-refractivity contribution is 6.39. The van der Waals surface area contributed by atoms with E-state index in [0.29, 0.717) is 56.9 Å². The normalized spacial score (nSPS) is 39.2. The van der Waals surface area contributed by atoms with Crippen LogP contribution in [0.25, 0.3) is 0 Å². The maximum absolute atomic E-state index is 14.4. The second-order valence-corrected chi connectivity index (χ2v) is 20.4. The van der Waals surface area contributed by atoms with Crippen LogP contribution in [0.1, 0.15) is 126 Å². The van der Waals surface area contributed by atoms with Crippen molar-refractivity contribution in [1.82, 2.24) is 4.90 Å². The van der Waals surface area contributed by atoms with E-state index in [1.165, 1.54) is 4.90 Å². The van der Waals surface area contributed by atoms with Gasteiger partial charge in [-0.1, -0.05) is 76.6 Å². The van der Waals surface area contributed by atoms with Crippen LogP contribution in [0.2, 0.25) is 0 Å². The van der Waals surface area contributed by atoms with E-state index in [4.69, 9.17) is 18.9 Å². The number of amides is 1. The van der Waals surface area contributed by atoms with Crippen molar-refractivity contribution in [2.24, 2.45) is 47.3 Å². The molecular weight excluding hydrogens is 875 g/mol. The molecule has 68 heavy (non-hydrogen) atoms. The Kier molecular flexibility index (Phi) is 22.9. The van der Waals surface area contributed by atoms with E-state index >= 15 is 0 Å². The van der Waals surface area contributed by atoms with Crippen LogP contribution >= 0.6 is 0 Å². The molecular formula is C53H83NO14. The Morgan fingerprint density at radius 3 is 2.28 bits per heavy atom. The number of hydrogen-bond acceptors (Lipinski definition) is 14. The number of ether oxygens (including phenoxy) is 4. The molecule has 3 aliphatic heterocycles. The van der Waals surface area contributed by atoms with Gasteiger partial charge in [-0.15, -0.1) is 0 Å². The lowest BCUT2D eigenvalue weighted by atomic mass is 9.78. The molecule has 3 heterocycles. The first-order valence-corrected chi connectivity index (χ1v) is 25.2. The van der Waals surface area contributed by atoms with Crippen LogP contribution in [-0.2, 0) is 42.9 Å². The SMILES string of the molecule is CO[C@@H]1C[C@H](C[C@@H](C)[C@@H]2CC(=O)[C@H](C)/C=C(\C)[C@@H](O)[C@@H](CO)C(=O)[C@H](C)C[C@H](C)/C=C/C=C/C=C(\C)[C@@H](CO)C[C@@H]3CC[C@@H](C)[C@@](O)(O3)C(=O)C(=O)N3CCCCC3C(=O)O2)CC[C@H]1OCCO. The monoisotopic (exact) mass is 958 g/mol. The molecule has 0 aromatic heterocycles. The van der Waals surface area contributed by atoms with E-state index in [-0.39, 0.29) is 93.1 Å². The van der Waals surface area contributed by atoms with Crippen LogP contribution in [0.4, 0.5) is 0 Å². The number of piperidine rings is 1. The van der Waals surface area contributed by atoms with Crippen molar-refractivity contribution < 1.29 is 68.5 Å².